The Hall–Kier alpha value is -5.12. The fourth-order valence-corrected chi connectivity index (χ4v) is 6.23. The predicted molar refractivity (Wildman–Crippen MR) is 188 cm³/mol. The second kappa shape index (κ2) is 13.1. The van der Waals surface area contributed by atoms with Crippen LogP contribution in [0.25, 0.3) is 34.3 Å². The third-order valence-electron chi connectivity index (χ3n) is 7.58. The first-order valence-electron chi connectivity index (χ1n) is 14.6. The number of hydrogen-bond acceptors (Lipinski definition) is 5. The standard InChI is InChI=1S/C37H28BrN3O4S/c1-3-45-36(44)26-14-17-29(18-15-26)40-32(24-10-6-4-7-11-24)22-27(33(40)25-12-8-5-9-13-25)21-30-34(42)39-37(46)41(35(30)43)31-19-16-28(38)20-23(31)2/h4-22H,3H2,1-2H3,(H,39,42,46)/b30-21-. The average Bonchev–Trinajstić information content (AvgIpc) is 3.44. The highest BCUT2D eigenvalue weighted by Crippen LogP contribution is 2.38. The summed E-state index contributed by atoms with van der Waals surface area (Å²) in [5.41, 5.74) is 6.59. The molecule has 1 saturated heterocycles. The molecule has 9 heteroatoms. The van der Waals surface area contributed by atoms with Crippen molar-refractivity contribution in [2.24, 2.45) is 0 Å². The molecule has 2 amide bonds. The number of nitrogens with one attached hydrogen (secondary N) is 1. The number of esters is 1. The Morgan fingerprint density at radius 1 is 0.891 bits per heavy atom. The zero-order valence-corrected chi connectivity index (χ0v) is 27.4. The minimum absolute atomic E-state index is 0.0186. The molecule has 4 aromatic carbocycles. The normalized spacial score (nSPS) is 14.0. The molecule has 1 aliphatic heterocycles. The summed E-state index contributed by atoms with van der Waals surface area (Å²) in [6, 6.07) is 34.2. The van der Waals surface area contributed by atoms with Crippen molar-refractivity contribution in [3.8, 4) is 28.2 Å². The maximum absolute atomic E-state index is 14.1. The van der Waals surface area contributed by atoms with Gasteiger partial charge in [-0.2, -0.15) is 0 Å². The van der Waals surface area contributed by atoms with Crippen LogP contribution in [-0.4, -0.2) is 34.1 Å². The van der Waals surface area contributed by atoms with E-state index in [0.29, 0.717) is 16.8 Å². The Morgan fingerprint density at radius 2 is 1.54 bits per heavy atom. The zero-order valence-electron chi connectivity index (χ0n) is 25.0. The molecule has 1 aromatic heterocycles. The zero-order chi connectivity index (χ0) is 32.4. The number of carbonyl (C=O) groups excluding carboxylic acids is 3. The van der Waals surface area contributed by atoms with Gasteiger partial charge in [0.1, 0.15) is 5.57 Å². The summed E-state index contributed by atoms with van der Waals surface area (Å²) in [7, 11) is 0. The summed E-state index contributed by atoms with van der Waals surface area (Å²) < 4.78 is 8.12. The van der Waals surface area contributed by atoms with Crippen LogP contribution in [0.3, 0.4) is 0 Å². The Labute approximate surface area is 280 Å². The Morgan fingerprint density at radius 3 is 2.17 bits per heavy atom. The molecule has 0 bridgehead atoms. The molecule has 0 spiro atoms. The largest absolute Gasteiger partial charge is 0.462 e. The molecule has 228 valence electrons. The van der Waals surface area contributed by atoms with Crippen LogP contribution in [0.2, 0.25) is 0 Å². The van der Waals surface area contributed by atoms with Gasteiger partial charge in [0.2, 0.25) is 0 Å². The predicted octanol–water partition coefficient (Wildman–Crippen LogP) is 7.89. The summed E-state index contributed by atoms with van der Waals surface area (Å²) >= 11 is 8.94. The van der Waals surface area contributed by atoms with Gasteiger partial charge in [-0.3, -0.25) is 19.8 Å². The van der Waals surface area contributed by atoms with E-state index in [0.717, 1.165) is 38.2 Å². The van der Waals surface area contributed by atoms with Crippen molar-refractivity contribution >= 4 is 62.8 Å². The van der Waals surface area contributed by atoms with Gasteiger partial charge in [0.05, 0.1) is 29.2 Å². The van der Waals surface area contributed by atoms with Gasteiger partial charge >= 0.3 is 5.97 Å². The first kappa shape index (κ1) is 30.9. The number of halogens is 1. The fraction of sp³-hybridized carbons (Fsp3) is 0.0811. The number of amides is 2. The van der Waals surface area contributed by atoms with E-state index in [-0.39, 0.29) is 17.3 Å². The molecule has 1 N–H and O–H groups in total. The van der Waals surface area contributed by atoms with E-state index in [4.69, 9.17) is 17.0 Å². The van der Waals surface area contributed by atoms with Gasteiger partial charge in [-0.25, -0.2) is 4.79 Å². The van der Waals surface area contributed by atoms with Crippen molar-refractivity contribution in [1.29, 1.82) is 0 Å². The summed E-state index contributed by atoms with van der Waals surface area (Å²) in [4.78, 5) is 41.2. The molecule has 0 unspecified atom stereocenters. The van der Waals surface area contributed by atoms with Gasteiger partial charge in [0, 0.05) is 15.7 Å². The summed E-state index contributed by atoms with van der Waals surface area (Å²) in [6.45, 7) is 3.93. The van der Waals surface area contributed by atoms with E-state index in [1.54, 1.807) is 31.2 Å². The fourth-order valence-electron chi connectivity index (χ4n) is 5.48. The minimum Gasteiger partial charge on any atom is -0.462 e. The van der Waals surface area contributed by atoms with Crippen molar-refractivity contribution in [2.45, 2.75) is 13.8 Å². The summed E-state index contributed by atoms with van der Waals surface area (Å²) in [5, 5.41) is 2.73. The molecule has 2 heterocycles. The smallest absolute Gasteiger partial charge is 0.338 e. The van der Waals surface area contributed by atoms with Gasteiger partial charge in [-0.05, 0) is 97.4 Å². The van der Waals surface area contributed by atoms with Crippen LogP contribution >= 0.6 is 28.1 Å². The lowest BCUT2D eigenvalue weighted by Gasteiger charge is -2.30. The Kier molecular flexibility index (Phi) is 8.78. The minimum atomic E-state index is -0.576. The van der Waals surface area contributed by atoms with Crippen LogP contribution in [0.15, 0.2) is 119 Å². The third-order valence-corrected chi connectivity index (χ3v) is 8.36. The molecular weight excluding hydrogens is 662 g/mol. The Balaban J connectivity index is 1.57. The van der Waals surface area contributed by atoms with Crippen molar-refractivity contribution < 1.29 is 19.1 Å². The SMILES string of the molecule is CCOC(=O)c1ccc(-n2c(-c3ccccc3)cc(/C=C3/C(=O)NC(=S)N(c4ccc(Br)cc4C)C3=O)c2-c2ccccc2)cc1. The number of anilines is 1. The van der Waals surface area contributed by atoms with E-state index in [1.165, 1.54) is 4.90 Å². The second-order valence-corrected chi connectivity index (χ2v) is 11.9. The summed E-state index contributed by atoms with van der Waals surface area (Å²) in [5.74, 6) is -1.50. The monoisotopic (exact) mass is 689 g/mol. The number of rotatable bonds is 7. The van der Waals surface area contributed by atoms with Crippen LogP contribution in [0.1, 0.15) is 28.4 Å². The van der Waals surface area contributed by atoms with Gasteiger partial charge in [-0.1, -0.05) is 76.6 Å². The molecule has 46 heavy (non-hydrogen) atoms. The third kappa shape index (κ3) is 5.94. The second-order valence-electron chi connectivity index (χ2n) is 10.6. The molecule has 0 atom stereocenters. The van der Waals surface area contributed by atoms with Crippen molar-refractivity contribution in [3.63, 3.8) is 0 Å². The maximum Gasteiger partial charge on any atom is 0.338 e. The lowest BCUT2D eigenvalue weighted by molar-refractivity contribution is -0.122. The van der Waals surface area contributed by atoms with E-state index < -0.39 is 17.8 Å². The molecule has 0 radical (unpaired) electrons. The highest BCUT2D eigenvalue weighted by atomic mass is 79.9. The molecule has 6 rings (SSSR count). The van der Waals surface area contributed by atoms with Gasteiger partial charge in [0.15, 0.2) is 5.11 Å². The average molecular weight is 691 g/mol. The highest BCUT2D eigenvalue weighted by molar-refractivity contribution is 9.10. The van der Waals surface area contributed by atoms with Crippen molar-refractivity contribution in [2.75, 3.05) is 11.5 Å². The molecular formula is C37H28BrN3O4S. The van der Waals surface area contributed by atoms with Crippen molar-refractivity contribution in [1.82, 2.24) is 9.88 Å². The molecule has 7 nitrogen and oxygen atoms in total. The molecule has 0 aliphatic carbocycles. The van der Waals surface area contributed by atoms with E-state index in [9.17, 15) is 14.4 Å². The number of benzene rings is 4. The van der Waals surface area contributed by atoms with Gasteiger partial charge in [-0.15, -0.1) is 0 Å². The molecule has 1 aliphatic rings. The van der Waals surface area contributed by atoms with Crippen LogP contribution in [0.5, 0.6) is 0 Å². The number of nitrogens with zero attached hydrogens (tertiary/aromatic N) is 2. The van der Waals surface area contributed by atoms with E-state index >= 15 is 0 Å². The number of carbonyl (C=O) groups is 3. The number of aryl methyl sites for hydroxylation is 1. The van der Waals surface area contributed by atoms with Crippen molar-refractivity contribution in [3.05, 3.63) is 136 Å². The first-order chi connectivity index (χ1) is 22.3. The topological polar surface area (TPSA) is 80.6 Å². The number of thiocarbonyl (C=S) groups is 1. The van der Waals surface area contributed by atoms with Crippen LogP contribution in [0.4, 0.5) is 5.69 Å². The van der Waals surface area contributed by atoms with Crippen LogP contribution < -0.4 is 10.2 Å². The molecule has 5 aromatic rings. The van der Waals surface area contributed by atoms with Gasteiger partial charge in [0.25, 0.3) is 11.8 Å². The number of ether oxygens (including phenoxy) is 1. The lowest BCUT2D eigenvalue weighted by atomic mass is 10.0. The van der Waals surface area contributed by atoms with Crippen LogP contribution in [-0.2, 0) is 14.3 Å². The maximum atomic E-state index is 14.1. The summed E-state index contributed by atoms with van der Waals surface area (Å²) in [6.07, 6.45) is 1.62. The first-order valence-corrected chi connectivity index (χ1v) is 15.8. The lowest BCUT2D eigenvalue weighted by Crippen LogP contribution is -2.54. The van der Waals surface area contributed by atoms with E-state index in [1.807, 2.05) is 97.9 Å². The molecule has 1 fully saturated rings. The highest BCUT2D eigenvalue weighted by Gasteiger charge is 2.35. The number of hydrogen-bond donors (Lipinski definition) is 1. The quantitative estimate of drug-likeness (QED) is 0.0814. The Bertz CT molecular complexity index is 2020. The molecule has 0 saturated carbocycles. The van der Waals surface area contributed by atoms with Gasteiger partial charge < -0.3 is 9.30 Å². The van der Waals surface area contributed by atoms with E-state index in [2.05, 4.69) is 25.8 Å². The van der Waals surface area contributed by atoms with Crippen LogP contribution in [0, 0.1) is 6.92 Å². The number of aromatic nitrogens is 1.